The van der Waals surface area contributed by atoms with Crippen LogP contribution in [0.15, 0.2) is 53.9 Å². The summed E-state index contributed by atoms with van der Waals surface area (Å²) in [6.45, 7) is 1.36. The lowest BCUT2D eigenvalue weighted by Gasteiger charge is -2.18. The minimum Gasteiger partial charge on any atom is -0.274 e. The molecule has 164 valence electrons. The van der Waals surface area contributed by atoms with Crippen molar-refractivity contribution in [3.8, 4) is 11.4 Å². The summed E-state index contributed by atoms with van der Waals surface area (Å²) in [5.74, 6) is -0.951. The highest BCUT2D eigenvalue weighted by atomic mass is 32.1. The molecule has 0 N–H and O–H groups in total. The second-order valence-corrected chi connectivity index (χ2v) is 7.49. The molecule has 0 saturated heterocycles. The summed E-state index contributed by atoms with van der Waals surface area (Å²) >= 11 is 1.13. The van der Waals surface area contributed by atoms with Gasteiger partial charge in [-0.1, -0.05) is 24.3 Å². The van der Waals surface area contributed by atoms with E-state index in [4.69, 9.17) is 0 Å². The Morgan fingerprint density at radius 1 is 1.16 bits per heavy atom. The Labute approximate surface area is 182 Å². The Morgan fingerprint density at radius 2 is 1.94 bits per heavy atom. The van der Waals surface area contributed by atoms with Crippen molar-refractivity contribution in [2.75, 3.05) is 4.90 Å². The Morgan fingerprint density at radius 3 is 2.66 bits per heavy atom. The number of halogens is 4. The Hall–Kier alpha value is -3.67. The molecule has 1 amide bonds. The number of thiazole rings is 1. The molecule has 2 heterocycles. The van der Waals surface area contributed by atoms with E-state index in [1.54, 1.807) is 11.4 Å². The van der Waals surface area contributed by atoms with Gasteiger partial charge in [0, 0.05) is 17.9 Å². The first-order valence-electron chi connectivity index (χ1n) is 9.17. The minimum absolute atomic E-state index is 0.0308. The van der Waals surface area contributed by atoms with Gasteiger partial charge in [0.2, 0.25) is 11.7 Å². The molecule has 12 heteroatoms. The Balaban J connectivity index is 1.55. The molecule has 0 aliphatic rings. The first-order chi connectivity index (χ1) is 15.2. The topological polar surface area (TPSA) is 76.8 Å². The van der Waals surface area contributed by atoms with E-state index in [1.807, 2.05) is 0 Å². The van der Waals surface area contributed by atoms with E-state index in [0.29, 0.717) is 5.69 Å². The van der Waals surface area contributed by atoms with Crippen LogP contribution >= 0.6 is 11.3 Å². The number of aromatic nitrogens is 5. The quantitative estimate of drug-likeness (QED) is 0.402. The van der Waals surface area contributed by atoms with Crippen molar-refractivity contribution in [1.82, 2.24) is 25.2 Å². The molecule has 4 rings (SSSR count). The van der Waals surface area contributed by atoms with E-state index in [-0.39, 0.29) is 28.8 Å². The first-order valence-corrected chi connectivity index (χ1v) is 10.1. The van der Waals surface area contributed by atoms with Crippen LogP contribution < -0.4 is 4.90 Å². The van der Waals surface area contributed by atoms with Gasteiger partial charge in [0.15, 0.2) is 5.13 Å². The van der Waals surface area contributed by atoms with Crippen LogP contribution in [0.25, 0.3) is 11.4 Å². The predicted molar refractivity (Wildman–Crippen MR) is 109 cm³/mol. The fraction of sp³-hybridized carbons (Fsp3) is 0.150. The first kappa shape index (κ1) is 21.6. The lowest BCUT2D eigenvalue weighted by Crippen LogP contribution is -2.23. The van der Waals surface area contributed by atoms with E-state index in [0.717, 1.165) is 28.4 Å². The number of carbonyl (C=O) groups is 1. The number of rotatable bonds is 5. The normalized spacial score (nSPS) is 11.5. The highest BCUT2D eigenvalue weighted by Gasteiger charge is 2.30. The maximum absolute atomic E-state index is 14.2. The second-order valence-electron chi connectivity index (χ2n) is 6.65. The smallest absolute Gasteiger partial charge is 0.274 e. The molecular weight excluding hydrogens is 448 g/mol. The zero-order chi connectivity index (χ0) is 22.9. The molecule has 0 bridgehead atoms. The lowest BCUT2D eigenvalue weighted by molar-refractivity contribution is -0.137. The molecule has 32 heavy (non-hydrogen) atoms. The van der Waals surface area contributed by atoms with E-state index in [2.05, 4.69) is 20.4 Å². The number of hydrogen-bond donors (Lipinski definition) is 0. The van der Waals surface area contributed by atoms with Gasteiger partial charge in [-0.2, -0.15) is 18.0 Å². The summed E-state index contributed by atoms with van der Waals surface area (Å²) in [5.41, 5.74) is -0.0903. The third-order valence-corrected chi connectivity index (χ3v) is 5.22. The lowest BCUT2D eigenvalue weighted by atomic mass is 10.1. The maximum atomic E-state index is 14.2. The zero-order valence-electron chi connectivity index (χ0n) is 16.4. The minimum atomic E-state index is -4.48. The van der Waals surface area contributed by atoms with Crippen molar-refractivity contribution in [2.45, 2.75) is 19.6 Å². The van der Waals surface area contributed by atoms with E-state index in [9.17, 15) is 22.4 Å². The van der Waals surface area contributed by atoms with Crippen molar-refractivity contribution in [2.24, 2.45) is 0 Å². The summed E-state index contributed by atoms with van der Waals surface area (Å²) < 4.78 is 53.0. The molecule has 4 aromatic rings. The average Bonchev–Trinajstić information content (AvgIpc) is 3.39. The number of alkyl halides is 3. The molecular formula is C20H14F4N6OS. The summed E-state index contributed by atoms with van der Waals surface area (Å²) in [6.07, 6.45) is -4.48. The van der Waals surface area contributed by atoms with Gasteiger partial charge in [-0.25, -0.2) is 9.37 Å². The van der Waals surface area contributed by atoms with Crippen molar-refractivity contribution in [3.05, 3.63) is 71.0 Å². The molecule has 0 aliphatic carbocycles. The van der Waals surface area contributed by atoms with Crippen LogP contribution in [-0.4, -0.2) is 31.1 Å². The maximum Gasteiger partial charge on any atom is 0.416 e. The van der Waals surface area contributed by atoms with Crippen LogP contribution in [0.3, 0.4) is 0 Å². The molecule has 0 saturated carbocycles. The van der Waals surface area contributed by atoms with Crippen molar-refractivity contribution in [3.63, 3.8) is 0 Å². The molecule has 0 atom stereocenters. The van der Waals surface area contributed by atoms with Crippen LogP contribution in [0.2, 0.25) is 0 Å². The molecule has 0 fully saturated rings. The van der Waals surface area contributed by atoms with Crippen molar-refractivity contribution >= 4 is 28.1 Å². The highest BCUT2D eigenvalue weighted by Crippen LogP contribution is 2.32. The average molecular weight is 462 g/mol. The fourth-order valence-electron chi connectivity index (χ4n) is 2.92. The molecule has 2 aromatic heterocycles. The third-order valence-electron chi connectivity index (χ3n) is 4.34. The number of hydrogen-bond acceptors (Lipinski definition) is 6. The van der Waals surface area contributed by atoms with Gasteiger partial charge in [-0.05, 0) is 29.5 Å². The monoisotopic (exact) mass is 462 g/mol. The van der Waals surface area contributed by atoms with Crippen LogP contribution in [0, 0.1) is 5.82 Å². The molecule has 0 radical (unpaired) electrons. The van der Waals surface area contributed by atoms with Gasteiger partial charge in [0.05, 0.1) is 16.9 Å². The van der Waals surface area contributed by atoms with Crippen LogP contribution in [0.1, 0.15) is 18.2 Å². The fourth-order valence-corrected chi connectivity index (χ4v) is 3.79. The summed E-state index contributed by atoms with van der Waals surface area (Å²) in [4.78, 5) is 18.8. The molecule has 7 nitrogen and oxygen atoms in total. The van der Waals surface area contributed by atoms with E-state index < -0.39 is 23.5 Å². The third kappa shape index (κ3) is 4.49. The van der Waals surface area contributed by atoms with Gasteiger partial charge in [0.1, 0.15) is 12.4 Å². The van der Waals surface area contributed by atoms with Gasteiger partial charge in [-0.15, -0.1) is 21.5 Å². The standard InChI is InChI=1S/C20H14F4N6OS/c1-12(31)30(17-8-3-2-7-16(17)21)19-25-15(11-32-19)10-29-27-18(26-28-29)13-5-4-6-14(9-13)20(22,23)24/h2-9,11H,10H2,1H3. The highest BCUT2D eigenvalue weighted by molar-refractivity contribution is 7.14. The summed E-state index contributed by atoms with van der Waals surface area (Å²) in [5, 5.41) is 13.7. The van der Waals surface area contributed by atoms with Crippen molar-refractivity contribution in [1.29, 1.82) is 0 Å². The number of anilines is 2. The van der Waals surface area contributed by atoms with Gasteiger partial charge in [0.25, 0.3) is 0 Å². The number of carbonyl (C=O) groups excluding carboxylic acids is 1. The van der Waals surface area contributed by atoms with E-state index >= 15 is 0 Å². The number of para-hydroxylation sites is 1. The Bertz CT molecular complexity index is 1270. The number of tetrazole rings is 1. The SMILES string of the molecule is CC(=O)N(c1nc(Cn2nnc(-c3cccc(C(F)(F)F)c3)n2)cs1)c1ccccc1F. The predicted octanol–water partition coefficient (Wildman–Crippen LogP) is 4.69. The number of nitrogens with zero attached hydrogens (tertiary/aromatic N) is 6. The van der Waals surface area contributed by atoms with Crippen LogP contribution in [0.5, 0.6) is 0 Å². The molecule has 0 aliphatic heterocycles. The molecule has 0 unspecified atom stereocenters. The second kappa shape index (κ2) is 8.46. The number of benzene rings is 2. The zero-order valence-corrected chi connectivity index (χ0v) is 17.2. The van der Waals surface area contributed by atoms with Gasteiger partial charge < -0.3 is 0 Å². The van der Waals surface area contributed by atoms with Gasteiger partial charge >= 0.3 is 6.18 Å². The van der Waals surface area contributed by atoms with Crippen molar-refractivity contribution < 1.29 is 22.4 Å². The molecule has 0 spiro atoms. The van der Waals surface area contributed by atoms with Crippen LogP contribution in [0.4, 0.5) is 28.4 Å². The summed E-state index contributed by atoms with van der Waals surface area (Å²) in [7, 11) is 0. The van der Waals surface area contributed by atoms with Crippen LogP contribution in [-0.2, 0) is 17.5 Å². The number of amides is 1. The van der Waals surface area contributed by atoms with Gasteiger partial charge in [-0.3, -0.25) is 9.69 Å². The summed E-state index contributed by atoms with van der Waals surface area (Å²) in [6, 6.07) is 10.5. The molecule has 2 aromatic carbocycles. The van der Waals surface area contributed by atoms with E-state index in [1.165, 1.54) is 42.1 Å². The Kier molecular flexibility index (Phi) is 5.70. The largest absolute Gasteiger partial charge is 0.416 e.